The van der Waals surface area contributed by atoms with E-state index in [1.165, 1.54) is 30.0 Å². The van der Waals surface area contributed by atoms with Gasteiger partial charge in [-0.1, -0.05) is 6.07 Å². The van der Waals surface area contributed by atoms with Crippen LogP contribution in [0.15, 0.2) is 24.3 Å². The number of hydrogen-bond acceptors (Lipinski definition) is 4. The monoisotopic (exact) mass is 363 g/mol. The van der Waals surface area contributed by atoms with Crippen molar-refractivity contribution >= 4 is 5.91 Å². The van der Waals surface area contributed by atoms with Gasteiger partial charge in [0.1, 0.15) is 17.6 Å². The summed E-state index contributed by atoms with van der Waals surface area (Å²) in [6, 6.07) is 3.45. The van der Waals surface area contributed by atoms with Crippen LogP contribution in [0.4, 0.5) is 17.6 Å². The van der Waals surface area contributed by atoms with Crippen LogP contribution in [0.5, 0.6) is 5.75 Å². The summed E-state index contributed by atoms with van der Waals surface area (Å²) < 4.78 is 58.1. The molecule has 140 valence electrons. The van der Waals surface area contributed by atoms with Crippen LogP contribution in [0.1, 0.15) is 6.92 Å². The minimum atomic E-state index is -4.45. The van der Waals surface area contributed by atoms with Crippen LogP contribution in [-0.4, -0.2) is 61.9 Å². The lowest BCUT2D eigenvalue weighted by molar-refractivity contribution is -0.184. The van der Waals surface area contributed by atoms with E-state index in [-0.39, 0.29) is 18.8 Å². The van der Waals surface area contributed by atoms with E-state index in [0.29, 0.717) is 13.1 Å². The van der Waals surface area contributed by atoms with Crippen molar-refractivity contribution in [2.24, 2.45) is 0 Å². The van der Waals surface area contributed by atoms with Crippen LogP contribution in [0.2, 0.25) is 0 Å². The molecule has 0 radical (unpaired) electrons. The van der Waals surface area contributed by atoms with Gasteiger partial charge in [-0.2, -0.15) is 13.2 Å². The van der Waals surface area contributed by atoms with Gasteiger partial charge in [-0.05, 0) is 19.1 Å². The Morgan fingerprint density at radius 3 is 2.64 bits per heavy atom. The molecule has 2 unspecified atom stereocenters. The van der Waals surface area contributed by atoms with E-state index in [0.717, 1.165) is 6.07 Å². The standard InChI is InChI=1S/C16H21F4N3O2/c1-11(25-13-4-2-3-12(17)9-13)15(24)22-10-14(16(18,19)20)23-7-5-21-6-8-23/h2-4,9,11,14,21H,5-8,10H2,1H3,(H,22,24). The molecule has 2 atom stereocenters. The van der Waals surface area contributed by atoms with Crippen molar-refractivity contribution < 1.29 is 27.1 Å². The molecule has 1 aromatic carbocycles. The van der Waals surface area contributed by atoms with Gasteiger partial charge < -0.3 is 15.4 Å². The Labute approximate surface area is 143 Å². The molecule has 1 saturated heterocycles. The van der Waals surface area contributed by atoms with Gasteiger partial charge in [-0.25, -0.2) is 4.39 Å². The molecule has 0 aromatic heterocycles. The smallest absolute Gasteiger partial charge is 0.405 e. The number of nitrogens with one attached hydrogen (secondary N) is 2. The predicted molar refractivity (Wildman–Crippen MR) is 83.8 cm³/mol. The highest BCUT2D eigenvalue weighted by molar-refractivity contribution is 5.80. The van der Waals surface area contributed by atoms with Crippen molar-refractivity contribution in [2.75, 3.05) is 32.7 Å². The van der Waals surface area contributed by atoms with E-state index in [1.54, 1.807) is 0 Å². The maximum Gasteiger partial charge on any atom is 0.405 e. The number of ether oxygens (including phenoxy) is 1. The van der Waals surface area contributed by atoms with Gasteiger partial charge >= 0.3 is 6.18 Å². The SMILES string of the molecule is CC(Oc1cccc(F)c1)C(=O)NCC(N1CCNCC1)C(F)(F)F. The fourth-order valence-electron chi connectivity index (χ4n) is 2.58. The van der Waals surface area contributed by atoms with Gasteiger partial charge in [0.2, 0.25) is 0 Å². The molecular weight excluding hydrogens is 342 g/mol. The lowest BCUT2D eigenvalue weighted by Gasteiger charge is -2.36. The molecule has 9 heteroatoms. The van der Waals surface area contributed by atoms with E-state index in [4.69, 9.17) is 4.74 Å². The molecule has 5 nitrogen and oxygen atoms in total. The molecule has 0 spiro atoms. The molecule has 1 heterocycles. The molecule has 0 aliphatic carbocycles. The van der Waals surface area contributed by atoms with Gasteiger partial charge in [0.25, 0.3) is 5.91 Å². The van der Waals surface area contributed by atoms with Crippen LogP contribution in [0.25, 0.3) is 0 Å². The van der Waals surface area contributed by atoms with E-state index < -0.39 is 36.6 Å². The van der Waals surface area contributed by atoms with Crippen LogP contribution in [0.3, 0.4) is 0 Å². The van der Waals surface area contributed by atoms with Crippen LogP contribution < -0.4 is 15.4 Å². The number of piperazine rings is 1. The number of amides is 1. The lowest BCUT2D eigenvalue weighted by Crippen LogP contribution is -2.58. The maximum absolute atomic E-state index is 13.3. The van der Waals surface area contributed by atoms with Gasteiger partial charge in [-0.3, -0.25) is 9.69 Å². The van der Waals surface area contributed by atoms with Crippen molar-refractivity contribution in [2.45, 2.75) is 25.2 Å². The van der Waals surface area contributed by atoms with Crippen LogP contribution in [0, 0.1) is 5.82 Å². The molecule has 1 amide bonds. The number of hydrogen-bond donors (Lipinski definition) is 2. The van der Waals surface area contributed by atoms with Crippen LogP contribution >= 0.6 is 0 Å². The van der Waals surface area contributed by atoms with Crippen molar-refractivity contribution in [3.63, 3.8) is 0 Å². The van der Waals surface area contributed by atoms with E-state index >= 15 is 0 Å². The zero-order valence-electron chi connectivity index (χ0n) is 13.8. The zero-order valence-corrected chi connectivity index (χ0v) is 13.8. The largest absolute Gasteiger partial charge is 0.481 e. The highest BCUT2D eigenvalue weighted by atomic mass is 19.4. The normalized spacial score (nSPS) is 18.4. The van der Waals surface area contributed by atoms with E-state index in [2.05, 4.69) is 10.6 Å². The third-order valence-electron chi connectivity index (χ3n) is 3.92. The van der Waals surface area contributed by atoms with E-state index in [9.17, 15) is 22.4 Å². The van der Waals surface area contributed by atoms with Gasteiger partial charge in [-0.15, -0.1) is 0 Å². The molecule has 1 fully saturated rings. The second kappa shape index (κ2) is 8.48. The van der Waals surface area contributed by atoms with Crippen molar-refractivity contribution in [3.8, 4) is 5.75 Å². The summed E-state index contributed by atoms with van der Waals surface area (Å²) in [5.74, 6) is -1.08. The molecule has 25 heavy (non-hydrogen) atoms. The van der Waals surface area contributed by atoms with Crippen molar-refractivity contribution in [3.05, 3.63) is 30.1 Å². The second-order valence-electron chi connectivity index (χ2n) is 5.81. The number of alkyl halides is 3. The van der Waals surface area contributed by atoms with Gasteiger partial charge in [0.05, 0.1) is 0 Å². The number of carbonyl (C=O) groups excluding carboxylic acids is 1. The Morgan fingerprint density at radius 1 is 1.36 bits per heavy atom. The Balaban J connectivity index is 1.91. The first-order chi connectivity index (χ1) is 11.8. The summed E-state index contributed by atoms with van der Waals surface area (Å²) in [5, 5.41) is 5.27. The number of benzene rings is 1. The quantitative estimate of drug-likeness (QED) is 0.753. The molecular formula is C16H21F4N3O2. The summed E-state index contributed by atoms with van der Waals surface area (Å²) in [7, 11) is 0. The first-order valence-corrected chi connectivity index (χ1v) is 7.99. The number of rotatable bonds is 6. The highest BCUT2D eigenvalue weighted by Crippen LogP contribution is 2.24. The van der Waals surface area contributed by atoms with Gasteiger partial charge in [0.15, 0.2) is 6.10 Å². The molecule has 2 rings (SSSR count). The summed E-state index contributed by atoms with van der Waals surface area (Å²) in [6.45, 7) is 2.30. The lowest BCUT2D eigenvalue weighted by atomic mass is 10.2. The summed E-state index contributed by atoms with van der Waals surface area (Å²) in [5.41, 5.74) is 0. The van der Waals surface area contributed by atoms with Gasteiger partial charge in [0, 0.05) is 38.8 Å². The molecule has 1 aromatic rings. The first kappa shape index (κ1) is 19.5. The maximum atomic E-state index is 13.3. The molecule has 0 bridgehead atoms. The van der Waals surface area contributed by atoms with Crippen LogP contribution in [-0.2, 0) is 4.79 Å². The topological polar surface area (TPSA) is 53.6 Å². The average molecular weight is 363 g/mol. The Morgan fingerprint density at radius 2 is 2.04 bits per heavy atom. The third-order valence-corrected chi connectivity index (χ3v) is 3.92. The fourth-order valence-corrected chi connectivity index (χ4v) is 2.58. The average Bonchev–Trinajstić information content (AvgIpc) is 2.54. The highest BCUT2D eigenvalue weighted by Gasteiger charge is 2.44. The second-order valence-corrected chi connectivity index (χ2v) is 5.81. The fraction of sp³-hybridized carbons (Fsp3) is 0.562. The summed E-state index contributed by atoms with van der Waals surface area (Å²) in [6.07, 6.45) is -5.49. The Hall–Kier alpha value is -1.87. The Kier molecular flexibility index (Phi) is 6.60. The molecule has 1 aliphatic rings. The number of halogens is 4. The van der Waals surface area contributed by atoms with Crippen molar-refractivity contribution in [1.29, 1.82) is 0 Å². The first-order valence-electron chi connectivity index (χ1n) is 7.99. The minimum absolute atomic E-state index is 0.136. The third kappa shape index (κ3) is 5.86. The van der Waals surface area contributed by atoms with Crippen molar-refractivity contribution in [1.82, 2.24) is 15.5 Å². The zero-order chi connectivity index (χ0) is 18.4. The van der Waals surface area contributed by atoms with E-state index in [1.807, 2.05) is 0 Å². The number of nitrogens with zero attached hydrogens (tertiary/aromatic N) is 1. The summed E-state index contributed by atoms with van der Waals surface area (Å²) >= 11 is 0. The minimum Gasteiger partial charge on any atom is -0.481 e. The molecule has 2 N–H and O–H groups in total. The predicted octanol–water partition coefficient (Wildman–Crippen LogP) is 1.55. The number of carbonyl (C=O) groups is 1. The molecule has 0 saturated carbocycles. The molecule has 1 aliphatic heterocycles. The Bertz CT molecular complexity index is 577. The summed E-state index contributed by atoms with van der Waals surface area (Å²) in [4.78, 5) is 13.3.